The van der Waals surface area contributed by atoms with E-state index in [1.54, 1.807) is 0 Å². The van der Waals surface area contributed by atoms with E-state index in [9.17, 15) is 9.46 Å². The van der Waals surface area contributed by atoms with Gasteiger partial charge < -0.3 is 14.7 Å². The van der Waals surface area contributed by atoms with Crippen LogP contribution in [-0.4, -0.2) is 45.7 Å². The highest BCUT2D eigenvalue weighted by molar-refractivity contribution is 7.57. The van der Waals surface area contributed by atoms with Crippen LogP contribution in [0, 0.1) is 0 Å². The van der Waals surface area contributed by atoms with E-state index in [1.807, 2.05) is 28.2 Å². The molecule has 11 heavy (non-hydrogen) atoms. The Morgan fingerprint density at radius 3 is 1.55 bits per heavy atom. The van der Waals surface area contributed by atoms with Gasteiger partial charge in [0.25, 0.3) is 0 Å². The van der Waals surface area contributed by atoms with Gasteiger partial charge in [-0.1, -0.05) is 0 Å². The molecule has 0 saturated heterocycles. The van der Waals surface area contributed by atoms with E-state index >= 15 is 0 Å². The number of hydrogen-bond donors (Lipinski definition) is 3. The minimum atomic E-state index is -2.88. The molecular weight excluding hydrogens is 163 g/mol. The Labute approximate surface area is 68.3 Å². The van der Waals surface area contributed by atoms with Crippen molar-refractivity contribution < 1.29 is 19.3 Å². The standard InChI is InChI=1S/C6H17N2O2P/c1-7(2)5-11(9,10)6-8(3)4/h5-6H2,1-4H3,(H,9,10)/p+2. The van der Waals surface area contributed by atoms with Crippen molar-refractivity contribution in [1.29, 1.82) is 0 Å². The third-order valence-electron chi connectivity index (χ3n) is 1.13. The predicted octanol–water partition coefficient (Wildman–Crippen LogP) is -2.54. The van der Waals surface area contributed by atoms with Crippen LogP contribution in [0.3, 0.4) is 0 Å². The van der Waals surface area contributed by atoms with Crippen molar-refractivity contribution in [3.05, 3.63) is 0 Å². The normalized spacial score (nSPS) is 13.0. The molecule has 0 fully saturated rings. The fraction of sp³-hybridized carbons (Fsp3) is 1.00. The van der Waals surface area contributed by atoms with Crippen molar-refractivity contribution in [2.24, 2.45) is 0 Å². The summed E-state index contributed by atoms with van der Waals surface area (Å²) < 4.78 is 11.3. The third kappa shape index (κ3) is 6.51. The van der Waals surface area contributed by atoms with Crippen molar-refractivity contribution in [3.63, 3.8) is 0 Å². The van der Waals surface area contributed by atoms with Crippen LogP contribution >= 0.6 is 7.37 Å². The molecule has 0 aromatic rings. The maximum Gasteiger partial charge on any atom is 0.305 e. The minimum Gasteiger partial charge on any atom is -0.337 e. The van der Waals surface area contributed by atoms with Gasteiger partial charge in [0, 0.05) is 0 Å². The lowest BCUT2D eigenvalue weighted by atomic mass is 11.0. The van der Waals surface area contributed by atoms with Gasteiger partial charge in [-0.25, -0.2) is 0 Å². The highest BCUT2D eigenvalue weighted by atomic mass is 31.2. The first-order valence-corrected chi connectivity index (χ1v) is 5.75. The summed E-state index contributed by atoms with van der Waals surface area (Å²) in [6, 6.07) is 0. The van der Waals surface area contributed by atoms with Crippen LogP contribution in [0.4, 0.5) is 0 Å². The van der Waals surface area contributed by atoms with Crippen molar-refractivity contribution in [2.45, 2.75) is 0 Å². The van der Waals surface area contributed by atoms with E-state index < -0.39 is 7.37 Å². The lowest BCUT2D eigenvalue weighted by Gasteiger charge is -2.15. The first-order valence-electron chi connectivity index (χ1n) is 3.72. The van der Waals surface area contributed by atoms with Crippen LogP contribution in [0.15, 0.2) is 0 Å². The van der Waals surface area contributed by atoms with E-state index in [1.165, 1.54) is 0 Å². The zero-order chi connectivity index (χ0) is 9.07. The minimum absolute atomic E-state index is 0.359. The summed E-state index contributed by atoms with van der Waals surface area (Å²) >= 11 is 0. The first-order chi connectivity index (χ1) is 4.83. The summed E-state index contributed by atoms with van der Waals surface area (Å²) in [7, 11) is 4.65. The number of nitrogens with one attached hydrogen (secondary N) is 2. The molecule has 0 radical (unpaired) electrons. The van der Waals surface area contributed by atoms with Gasteiger partial charge in [0.2, 0.25) is 0 Å². The molecule has 0 aliphatic rings. The molecule has 68 valence electrons. The van der Waals surface area contributed by atoms with Gasteiger partial charge in [0.05, 0.1) is 28.2 Å². The van der Waals surface area contributed by atoms with Crippen LogP contribution in [0.5, 0.6) is 0 Å². The van der Waals surface area contributed by atoms with Gasteiger partial charge >= 0.3 is 7.37 Å². The third-order valence-corrected chi connectivity index (χ3v) is 3.38. The van der Waals surface area contributed by atoms with E-state index in [0.717, 1.165) is 9.80 Å². The highest BCUT2D eigenvalue weighted by Gasteiger charge is 2.25. The molecule has 0 amide bonds. The van der Waals surface area contributed by atoms with Gasteiger partial charge in [-0.3, -0.25) is 4.57 Å². The number of hydrogen-bond acceptors (Lipinski definition) is 1. The fourth-order valence-electron chi connectivity index (χ4n) is 1.04. The van der Waals surface area contributed by atoms with Crippen LogP contribution < -0.4 is 9.80 Å². The topological polar surface area (TPSA) is 46.2 Å². The molecule has 0 heterocycles. The Bertz CT molecular complexity index is 145. The Kier molecular flexibility index (Phi) is 4.26. The molecule has 4 nitrogen and oxygen atoms in total. The SMILES string of the molecule is C[NH+](C)CP(=O)(O)C[NH+](C)C. The van der Waals surface area contributed by atoms with E-state index in [2.05, 4.69) is 0 Å². The maximum atomic E-state index is 11.3. The van der Waals surface area contributed by atoms with E-state index in [-0.39, 0.29) is 0 Å². The Balaban J connectivity index is 3.91. The molecule has 0 spiro atoms. The molecule has 0 atom stereocenters. The summed E-state index contributed by atoms with van der Waals surface area (Å²) in [6.45, 7) is 0. The Hall–Kier alpha value is 0.110. The predicted molar refractivity (Wildman–Crippen MR) is 45.2 cm³/mol. The van der Waals surface area contributed by atoms with Gasteiger partial charge in [-0.2, -0.15) is 0 Å². The fourth-order valence-corrected chi connectivity index (χ4v) is 3.13. The molecule has 3 N–H and O–H groups in total. The molecule has 0 bridgehead atoms. The van der Waals surface area contributed by atoms with Gasteiger partial charge in [-0.05, 0) is 0 Å². The molecule has 0 aromatic heterocycles. The lowest BCUT2D eigenvalue weighted by Crippen LogP contribution is -3.08. The van der Waals surface area contributed by atoms with Crippen LogP contribution in [0.2, 0.25) is 0 Å². The Morgan fingerprint density at radius 1 is 1.09 bits per heavy atom. The molecular formula is C6H19N2O2P+2. The van der Waals surface area contributed by atoms with Gasteiger partial charge in [0.15, 0.2) is 12.6 Å². The van der Waals surface area contributed by atoms with Crippen molar-refractivity contribution >= 4 is 7.37 Å². The maximum absolute atomic E-state index is 11.3. The average Bonchev–Trinajstić information content (AvgIpc) is 1.53. The summed E-state index contributed by atoms with van der Waals surface area (Å²) in [5, 5.41) is 0. The zero-order valence-electron chi connectivity index (χ0n) is 7.72. The second-order valence-electron chi connectivity index (χ2n) is 3.58. The van der Waals surface area contributed by atoms with Crippen molar-refractivity contribution in [1.82, 2.24) is 0 Å². The van der Waals surface area contributed by atoms with Crippen LogP contribution in [0.1, 0.15) is 0 Å². The molecule has 0 aliphatic carbocycles. The second-order valence-corrected chi connectivity index (χ2v) is 5.90. The van der Waals surface area contributed by atoms with Crippen LogP contribution in [0.25, 0.3) is 0 Å². The number of rotatable bonds is 4. The monoisotopic (exact) mass is 182 g/mol. The smallest absolute Gasteiger partial charge is 0.305 e. The molecule has 0 aliphatic heterocycles. The van der Waals surface area contributed by atoms with Gasteiger partial charge in [-0.15, -0.1) is 0 Å². The summed E-state index contributed by atoms with van der Waals surface area (Å²) in [6.07, 6.45) is 0.719. The first kappa shape index (κ1) is 11.1. The largest absolute Gasteiger partial charge is 0.337 e. The van der Waals surface area contributed by atoms with E-state index in [4.69, 9.17) is 0 Å². The quantitative estimate of drug-likeness (QED) is 0.420. The van der Waals surface area contributed by atoms with Crippen molar-refractivity contribution in [2.75, 3.05) is 40.8 Å². The Morgan fingerprint density at radius 2 is 1.36 bits per heavy atom. The number of quaternary nitrogens is 2. The summed E-state index contributed by atoms with van der Waals surface area (Å²) in [5.74, 6) is 0. The average molecular weight is 182 g/mol. The molecule has 0 unspecified atom stereocenters. The highest BCUT2D eigenvalue weighted by Crippen LogP contribution is 2.34. The zero-order valence-corrected chi connectivity index (χ0v) is 8.61. The molecule has 0 aromatic carbocycles. The van der Waals surface area contributed by atoms with E-state index in [0.29, 0.717) is 12.6 Å². The van der Waals surface area contributed by atoms with Crippen LogP contribution in [-0.2, 0) is 4.57 Å². The summed E-state index contributed by atoms with van der Waals surface area (Å²) in [4.78, 5) is 11.4. The lowest BCUT2D eigenvalue weighted by molar-refractivity contribution is -0.855. The van der Waals surface area contributed by atoms with Crippen molar-refractivity contribution in [3.8, 4) is 0 Å². The molecule has 5 heteroatoms. The molecule has 0 rings (SSSR count). The second kappa shape index (κ2) is 4.21. The summed E-state index contributed by atoms with van der Waals surface area (Å²) in [5.41, 5.74) is 0. The van der Waals surface area contributed by atoms with Gasteiger partial charge in [0.1, 0.15) is 0 Å². The molecule has 0 saturated carbocycles.